The zero-order chi connectivity index (χ0) is 19.8. The van der Waals surface area contributed by atoms with E-state index in [0.717, 1.165) is 11.9 Å². The second-order valence-corrected chi connectivity index (χ2v) is 6.50. The summed E-state index contributed by atoms with van der Waals surface area (Å²) in [5.74, 6) is -0.0827. The van der Waals surface area contributed by atoms with Crippen molar-refractivity contribution in [1.82, 2.24) is 14.5 Å². The average Bonchev–Trinajstić information content (AvgIpc) is 3.26. The maximum Gasteiger partial charge on any atom is 0.292 e. The van der Waals surface area contributed by atoms with Gasteiger partial charge in [-0.1, -0.05) is 19.1 Å². The van der Waals surface area contributed by atoms with Crippen molar-refractivity contribution in [2.24, 2.45) is 0 Å². The zero-order valence-corrected chi connectivity index (χ0v) is 15.4. The topological polar surface area (TPSA) is 96.7 Å². The predicted octanol–water partition coefficient (Wildman–Crippen LogP) is 3.07. The number of nitriles is 1. The van der Waals surface area contributed by atoms with Gasteiger partial charge < -0.3 is 14.3 Å². The lowest BCUT2D eigenvalue weighted by Crippen LogP contribution is -2.17. The number of para-hydroxylation sites is 2. The molecule has 0 fully saturated rings. The Bertz CT molecular complexity index is 1250. The molecule has 1 unspecified atom stereocenters. The van der Waals surface area contributed by atoms with Crippen LogP contribution in [0.1, 0.15) is 42.4 Å². The monoisotopic (exact) mass is 369 g/mol. The van der Waals surface area contributed by atoms with E-state index in [1.54, 1.807) is 0 Å². The molecule has 0 aliphatic heterocycles. The number of nitrogens with one attached hydrogen (secondary N) is 1. The van der Waals surface area contributed by atoms with Gasteiger partial charge in [-0.15, -0.1) is 0 Å². The number of carbonyl (C=O) groups is 1. The zero-order valence-electron chi connectivity index (χ0n) is 15.4. The molecule has 136 valence electrons. The Morgan fingerprint density at radius 1 is 1.29 bits per heavy atom. The number of aromatic nitrogens is 3. The minimum atomic E-state index is -0.495. The molecule has 0 saturated carbocycles. The largest absolute Gasteiger partial charge is 0.468 e. The van der Waals surface area contributed by atoms with E-state index in [4.69, 9.17) is 17.2 Å². The number of amides is 1. The third kappa shape index (κ3) is 2.81. The van der Waals surface area contributed by atoms with Crippen LogP contribution in [-0.2, 0) is 0 Å². The summed E-state index contributed by atoms with van der Waals surface area (Å²) in [5, 5.41) is 12.6. The molecule has 1 N–H and O–H groups in total. The van der Waals surface area contributed by atoms with Crippen LogP contribution >= 0.6 is 0 Å². The lowest BCUT2D eigenvalue weighted by Gasteiger charge is -2.16. The molecular formula is C20H16BN5O2. The smallest absolute Gasteiger partial charge is 0.292 e. The van der Waals surface area contributed by atoms with Crippen LogP contribution in [0.4, 0.5) is 5.82 Å². The van der Waals surface area contributed by atoms with E-state index in [9.17, 15) is 10.1 Å². The van der Waals surface area contributed by atoms with Crippen molar-refractivity contribution < 1.29 is 9.21 Å². The third-order valence-electron chi connectivity index (χ3n) is 4.72. The van der Waals surface area contributed by atoms with Gasteiger partial charge in [0.25, 0.3) is 5.91 Å². The highest BCUT2D eigenvalue weighted by molar-refractivity contribution is 6.30. The number of rotatable bonds is 4. The molecule has 28 heavy (non-hydrogen) atoms. The fourth-order valence-electron chi connectivity index (χ4n) is 3.15. The van der Waals surface area contributed by atoms with Gasteiger partial charge in [0, 0.05) is 11.7 Å². The number of benzene rings is 1. The summed E-state index contributed by atoms with van der Waals surface area (Å²) in [4.78, 5) is 22.0. The van der Waals surface area contributed by atoms with Crippen molar-refractivity contribution >= 4 is 47.4 Å². The highest BCUT2D eigenvalue weighted by Gasteiger charge is 2.25. The molecule has 0 aliphatic carbocycles. The number of hydrogen-bond donors (Lipinski definition) is 1. The van der Waals surface area contributed by atoms with Gasteiger partial charge in [0.2, 0.25) is 0 Å². The van der Waals surface area contributed by atoms with Gasteiger partial charge >= 0.3 is 0 Å². The molecule has 3 aromatic heterocycles. The number of furan rings is 1. The van der Waals surface area contributed by atoms with Crippen LogP contribution in [0.3, 0.4) is 0 Å². The van der Waals surface area contributed by atoms with Crippen LogP contribution in [0.15, 0.2) is 40.8 Å². The quantitative estimate of drug-likeness (QED) is 0.558. The second-order valence-electron chi connectivity index (χ2n) is 6.50. The van der Waals surface area contributed by atoms with Crippen molar-refractivity contribution in [3.63, 3.8) is 0 Å². The van der Waals surface area contributed by atoms with Crippen LogP contribution in [0.2, 0.25) is 0 Å². The normalized spacial score (nSPS) is 12.2. The van der Waals surface area contributed by atoms with Gasteiger partial charge in [0.1, 0.15) is 23.0 Å². The van der Waals surface area contributed by atoms with Gasteiger partial charge in [-0.3, -0.25) is 4.79 Å². The van der Waals surface area contributed by atoms with Crippen molar-refractivity contribution in [3.05, 3.63) is 47.7 Å². The molecule has 4 rings (SSSR count). The van der Waals surface area contributed by atoms with E-state index in [1.807, 2.05) is 42.7 Å². The number of hydrogen-bond acceptors (Lipinski definition) is 5. The van der Waals surface area contributed by atoms with E-state index in [1.165, 1.54) is 12.1 Å². The van der Waals surface area contributed by atoms with Crippen molar-refractivity contribution in [2.45, 2.75) is 26.3 Å². The molecule has 1 aromatic carbocycles. The molecule has 1 amide bonds. The lowest BCUT2D eigenvalue weighted by atomic mass is 10.1. The van der Waals surface area contributed by atoms with Gasteiger partial charge in [-0.25, -0.2) is 9.97 Å². The molecule has 0 spiro atoms. The summed E-state index contributed by atoms with van der Waals surface area (Å²) < 4.78 is 7.04. The molecule has 3 heterocycles. The molecule has 8 heteroatoms. The highest BCUT2D eigenvalue weighted by Crippen LogP contribution is 2.33. The van der Waals surface area contributed by atoms with Crippen LogP contribution < -0.4 is 11.0 Å². The Hall–Kier alpha value is -3.60. The number of fused-ring (bicyclic) bond motifs is 2. The first kappa shape index (κ1) is 17.8. The van der Waals surface area contributed by atoms with Crippen molar-refractivity contribution in [2.75, 3.05) is 5.32 Å². The molecule has 4 aromatic rings. The molecule has 0 aliphatic rings. The summed E-state index contributed by atoms with van der Waals surface area (Å²) in [6.07, 6.45) is 0.778. The molecule has 1 atom stereocenters. The minimum Gasteiger partial charge on any atom is -0.468 e. The minimum absolute atomic E-state index is 0.0166. The SMILES string of the molecule is [B]c1ccc(C(=O)Nc2c(C#N)c3nc4ccccc4nc3n2C(C)CC)o1. The van der Waals surface area contributed by atoms with E-state index in [0.29, 0.717) is 22.5 Å². The van der Waals surface area contributed by atoms with Crippen LogP contribution in [0.25, 0.3) is 22.2 Å². The fourth-order valence-corrected chi connectivity index (χ4v) is 3.15. The van der Waals surface area contributed by atoms with Gasteiger partial charge in [-0.05, 0) is 37.6 Å². The first-order chi connectivity index (χ1) is 13.5. The van der Waals surface area contributed by atoms with Gasteiger partial charge in [0.05, 0.1) is 11.0 Å². The molecule has 0 bridgehead atoms. The molecular weight excluding hydrogens is 353 g/mol. The van der Waals surface area contributed by atoms with Crippen LogP contribution in [0.5, 0.6) is 0 Å². The second kappa shape index (κ2) is 6.85. The van der Waals surface area contributed by atoms with Crippen molar-refractivity contribution in [3.8, 4) is 6.07 Å². The maximum atomic E-state index is 12.6. The predicted molar refractivity (Wildman–Crippen MR) is 107 cm³/mol. The molecule has 0 saturated heterocycles. The summed E-state index contributed by atoms with van der Waals surface area (Å²) in [6, 6.07) is 12.6. The maximum absolute atomic E-state index is 12.6. The van der Waals surface area contributed by atoms with Crippen LogP contribution in [0, 0.1) is 11.3 Å². The number of nitrogens with zero attached hydrogens (tertiary/aromatic N) is 4. The summed E-state index contributed by atoms with van der Waals surface area (Å²) in [7, 11) is 5.56. The van der Waals surface area contributed by atoms with Crippen LogP contribution in [-0.4, -0.2) is 28.3 Å². The fraction of sp³-hybridized carbons (Fsp3) is 0.200. The summed E-state index contributed by atoms with van der Waals surface area (Å²) in [5.41, 5.74) is 2.82. The summed E-state index contributed by atoms with van der Waals surface area (Å²) >= 11 is 0. The Balaban J connectivity index is 1.96. The molecule has 7 nitrogen and oxygen atoms in total. The van der Waals surface area contributed by atoms with E-state index in [-0.39, 0.29) is 23.0 Å². The standard InChI is InChI=1S/C20H16BN5O2/c1-3-11(2)26-18(25-20(27)15-8-9-16(21)28-15)12(10-22)17-19(26)24-14-7-5-4-6-13(14)23-17/h4-9,11H,3H2,1-2H3,(H,25,27). The van der Waals surface area contributed by atoms with E-state index >= 15 is 0 Å². The van der Waals surface area contributed by atoms with Crippen molar-refractivity contribution in [1.29, 1.82) is 5.26 Å². The van der Waals surface area contributed by atoms with E-state index < -0.39 is 5.91 Å². The number of anilines is 1. The lowest BCUT2D eigenvalue weighted by molar-refractivity contribution is 0.0997. The average molecular weight is 369 g/mol. The third-order valence-corrected chi connectivity index (χ3v) is 4.72. The Kier molecular flexibility index (Phi) is 4.36. The van der Waals surface area contributed by atoms with Gasteiger partial charge in [-0.2, -0.15) is 5.26 Å². The first-order valence-electron chi connectivity index (χ1n) is 8.91. The Morgan fingerprint density at radius 3 is 2.61 bits per heavy atom. The highest BCUT2D eigenvalue weighted by atomic mass is 16.3. The number of carbonyl (C=O) groups excluding carboxylic acids is 1. The molecule has 2 radical (unpaired) electrons. The summed E-state index contributed by atoms with van der Waals surface area (Å²) in [6.45, 7) is 4.02. The Morgan fingerprint density at radius 2 is 2.00 bits per heavy atom. The van der Waals surface area contributed by atoms with Gasteiger partial charge in [0.15, 0.2) is 19.3 Å². The Labute approximate surface area is 162 Å². The first-order valence-corrected chi connectivity index (χ1v) is 8.91. The van der Waals surface area contributed by atoms with E-state index in [2.05, 4.69) is 16.4 Å².